The molecule has 1 amide bonds. The van der Waals surface area contributed by atoms with E-state index in [1.807, 2.05) is 31.2 Å². The number of pyridine rings is 2. The molecule has 0 fully saturated rings. The predicted molar refractivity (Wildman–Crippen MR) is 113 cm³/mol. The summed E-state index contributed by atoms with van der Waals surface area (Å²) < 4.78 is 0. The van der Waals surface area contributed by atoms with Crippen LogP contribution >= 0.6 is 11.6 Å². The number of hydrogen-bond donors (Lipinski definition) is 2. The molecule has 0 aliphatic carbocycles. The van der Waals surface area contributed by atoms with Gasteiger partial charge >= 0.3 is 0 Å². The fraction of sp³-hybridized carbons (Fsp3) is 0.318. The summed E-state index contributed by atoms with van der Waals surface area (Å²) in [4.78, 5) is 21.6. The number of aliphatic hydroxyl groups is 1. The van der Waals surface area contributed by atoms with E-state index in [9.17, 15) is 9.90 Å². The molecule has 0 bridgehead atoms. The zero-order chi connectivity index (χ0) is 20.5. The average Bonchev–Trinajstić information content (AvgIpc) is 2.66. The van der Waals surface area contributed by atoms with E-state index in [0.29, 0.717) is 10.5 Å². The zero-order valence-electron chi connectivity index (χ0n) is 16.5. The smallest absolute Gasteiger partial charge is 0.270 e. The van der Waals surface area contributed by atoms with Crippen LogP contribution in [0.3, 0.4) is 0 Å². The molecule has 0 aliphatic rings. The number of nitrogens with one attached hydrogen (secondary N) is 1. The normalized spacial score (nSPS) is 12.8. The molecule has 3 aromatic rings. The Morgan fingerprint density at radius 3 is 2.64 bits per heavy atom. The van der Waals surface area contributed by atoms with Crippen molar-refractivity contribution in [2.24, 2.45) is 0 Å². The number of amides is 1. The molecule has 146 valence electrons. The number of rotatable bonds is 5. The average molecular weight is 398 g/mol. The van der Waals surface area contributed by atoms with Gasteiger partial charge in [0.1, 0.15) is 5.69 Å². The largest absolute Gasteiger partial charge is 0.388 e. The number of hydrogen-bond acceptors (Lipinski definition) is 4. The molecule has 28 heavy (non-hydrogen) atoms. The molecule has 1 aromatic carbocycles. The van der Waals surface area contributed by atoms with Gasteiger partial charge in [0.15, 0.2) is 0 Å². The highest BCUT2D eigenvalue weighted by Crippen LogP contribution is 2.33. The second-order valence-electron chi connectivity index (χ2n) is 7.42. The third-order valence-corrected chi connectivity index (χ3v) is 5.36. The van der Waals surface area contributed by atoms with Crippen LogP contribution in [-0.2, 0) is 6.42 Å². The van der Waals surface area contributed by atoms with Crippen molar-refractivity contribution in [3.63, 3.8) is 0 Å². The Balaban J connectivity index is 2.09. The molecule has 1 atom stereocenters. The lowest BCUT2D eigenvalue weighted by atomic mass is 9.97. The molecule has 0 saturated heterocycles. The maximum absolute atomic E-state index is 12.6. The van der Waals surface area contributed by atoms with Crippen molar-refractivity contribution in [2.75, 3.05) is 0 Å². The van der Waals surface area contributed by atoms with Crippen molar-refractivity contribution in [3.05, 3.63) is 59.0 Å². The van der Waals surface area contributed by atoms with Gasteiger partial charge in [-0.05, 0) is 56.5 Å². The summed E-state index contributed by atoms with van der Waals surface area (Å²) in [6.45, 7) is 7.11. The molecule has 3 rings (SSSR count). The summed E-state index contributed by atoms with van der Waals surface area (Å²) >= 11 is 6.38. The van der Waals surface area contributed by atoms with E-state index in [2.05, 4.69) is 15.3 Å². The Labute approximate surface area is 169 Å². The molecule has 0 radical (unpaired) electrons. The summed E-state index contributed by atoms with van der Waals surface area (Å²) in [5.74, 6) is -0.332. The molecule has 5 nitrogen and oxygen atoms in total. The van der Waals surface area contributed by atoms with Crippen molar-refractivity contribution in [1.82, 2.24) is 15.3 Å². The van der Waals surface area contributed by atoms with Gasteiger partial charge in [0.2, 0.25) is 0 Å². The highest BCUT2D eigenvalue weighted by Gasteiger charge is 2.25. The maximum atomic E-state index is 12.6. The van der Waals surface area contributed by atoms with Crippen molar-refractivity contribution < 1.29 is 9.90 Å². The number of carbonyl (C=O) groups is 1. The minimum absolute atomic E-state index is 0.288. The Hall–Kier alpha value is -2.50. The van der Waals surface area contributed by atoms with Gasteiger partial charge < -0.3 is 10.4 Å². The number of fused-ring (bicyclic) bond motifs is 1. The lowest BCUT2D eigenvalue weighted by molar-refractivity contribution is 0.0407. The predicted octanol–water partition coefficient (Wildman–Crippen LogP) is 4.40. The molecular weight excluding hydrogens is 374 g/mol. The number of carbonyl (C=O) groups excluding carboxylic acids is 1. The lowest BCUT2D eigenvalue weighted by Gasteiger charge is -2.26. The highest BCUT2D eigenvalue weighted by molar-refractivity contribution is 6.31. The van der Waals surface area contributed by atoms with Crippen molar-refractivity contribution >= 4 is 28.4 Å². The summed E-state index contributed by atoms with van der Waals surface area (Å²) in [6, 6.07) is 8.84. The molecule has 0 saturated carbocycles. The maximum Gasteiger partial charge on any atom is 0.270 e. The number of nitrogens with zero attached hydrogens (tertiary/aromatic N) is 2. The van der Waals surface area contributed by atoms with Gasteiger partial charge in [-0.15, -0.1) is 0 Å². The SMILES string of the molecule is CCc1c(Cl)cccc1-c1cncc2ccc(C(=O)NC(C)C(C)(C)O)nc12. The van der Waals surface area contributed by atoms with Gasteiger partial charge in [-0.3, -0.25) is 9.78 Å². The lowest BCUT2D eigenvalue weighted by Crippen LogP contribution is -2.47. The Bertz CT molecular complexity index is 1030. The topological polar surface area (TPSA) is 75.1 Å². The van der Waals surface area contributed by atoms with Crippen LogP contribution in [0.5, 0.6) is 0 Å². The third-order valence-electron chi connectivity index (χ3n) is 5.00. The van der Waals surface area contributed by atoms with Gasteiger partial charge in [-0.2, -0.15) is 0 Å². The van der Waals surface area contributed by atoms with Crippen LogP contribution in [-0.4, -0.2) is 32.6 Å². The molecule has 0 aliphatic heterocycles. The molecule has 0 spiro atoms. The van der Waals surface area contributed by atoms with E-state index in [0.717, 1.165) is 28.5 Å². The number of aromatic nitrogens is 2. The summed E-state index contributed by atoms with van der Waals surface area (Å²) in [5.41, 5.74) is 2.76. The highest BCUT2D eigenvalue weighted by atomic mass is 35.5. The molecule has 2 heterocycles. The minimum Gasteiger partial charge on any atom is -0.388 e. The van der Waals surface area contributed by atoms with Crippen LogP contribution in [0.4, 0.5) is 0 Å². The van der Waals surface area contributed by atoms with Crippen LogP contribution in [0.1, 0.15) is 43.7 Å². The Morgan fingerprint density at radius 2 is 1.96 bits per heavy atom. The van der Waals surface area contributed by atoms with E-state index in [1.54, 1.807) is 39.2 Å². The van der Waals surface area contributed by atoms with Crippen molar-refractivity contribution in [3.8, 4) is 11.1 Å². The fourth-order valence-electron chi connectivity index (χ4n) is 2.98. The molecule has 2 N–H and O–H groups in total. The monoisotopic (exact) mass is 397 g/mol. The molecule has 1 unspecified atom stereocenters. The second-order valence-corrected chi connectivity index (χ2v) is 7.83. The third kappa shape index (κ3) is 4.01. The Morgan fingerprint density at radius 1 is 1.21 bits per heavy atom. The first-order chi connectivity index (χ1) is 13.2. The van der Waals surface area contributed by atoms with Gasteiger partial charge in [-0.1, -0.05) is 30.7 Å². The van der Waals surface area contributed by atoms with Gasteiger partial charge in [-0.25, -0.2) is 4.98 Å². The summed E-state index contributed by atoms with van der Waals surface area (Å²) in [5, 5.41) is 14.4. The first-order valence-corrected chi connectivity index (χ1v) is 9.66. The van der Waals surface area contributed by atoms with E-state index < -0.39 is 11.6 Å². The van der Waals surface area contributed by atoms with Crippen molar-refractivity contribution in [2.45, 2.75) is 45.8 Å². The standard InChI is InChI=1S/C22H24ClN3O2/c1-5-15-16(7-6-8-18(15)23)17-12-24-11-14-9-10-19(26-20(14)17)21(27)25-13(2)22(3,4)28/h6-13,28H,5H2,1-4H3,(H,25,27). The van der Waals surface area contributed by atoms with Gasteiger partial charge in [0.05, 0.1) is 17.2 Å². The van der Waals surface area contributed by atoms with Gasteiger partial charge in [0.25, 0.3) is 5.91 Å². The number of benzene rings is 1. The van der Waals surface area contributed by atoms with E-state index in [4.69, 9.17) is 11.6 Å². The summed E-state index contributed by atoms with van der Waals surface area (Å²) in [6.07, 6.45) is 4.25. The van der Waals surface area contributed by atoms with E-state index >= 15 is 0 Å². The minimum atomic E-state index is -1.03. The summed E-state index contributed by atoms with van der Waals surface area (Å²) in [7, 11) is 0. The van der Waals surface area contributed by atoms with Gasteiger partial charge in [0, 0.05) is 28.4 Å². The fourth-order valence-corrected chi connectivity index (χ4v) is 3.29. The van der Waals surface area contributed by atoms with E-state index in [1.165, 1.54) is 0 Å². The van der Waals surface area contributed by atoms with Crippen LogP contribution in [0.15, 0.2) is 42.7 Å². The second kappa shape index (κ2) is 7.86. The van der Waals surface area contributed by atoms with Crippen LogP contribution in [0.25, 0.3) is 22.0 Å². The number of halogens is 1. The van der Waals surface area contributed by atoms with Crippen molar-refractivity contribution in [1.29, 1.82) is 0 Å². The quantitative estimate of drug-likeness (QED) is 0.669. The first-order valence-electron chi connectivity index (χ1n) is 9.28. The zero-order valence-corrected chi connectivity index (χ0v) is 17.2. The van der Waals surface area contributed by atoms with Crippen LogP contribution in [0.2, 0.25) is 5.02 Å². The molecule has 6 heteroatoms. The Kier molecular flexibility index (Phi) is 5.68. The first kappa shape index (κ1) is 20.2. The molecular formula is C22H24ClN3O2. The molecule has 2 aromatic heterocycles. The van der Waals surface area contributed by atoms with Crippen LogP contribution < -0.4 is 5.32 Å². The van der Waals surface area contributed by atoms with Crippen LogP contribution in [0, 0.1) is 0 Å². The van der Waals surface area contributed by atoms with E-state index in [-0.39, 0.29) is 11.6 Å².